The van der Waals surface area contributed by atoms with Crippen LogP contribution < -0.4 is 9.21 Å². The van der Waals surface area contributed by atoms with Crippen molar-refractivity contribution in [3.63, 3.8) is 0 Å². The number of aliphatic hydroxyl groups is 1. The van der Waals surface area contributed by atoms with Crippen molar-refractivity contribution < 1.29 is 17.9 Å². The Kier molecular flexibility index (Phi) is 5.74. The van der Waals surface area contributed by atoms with Crippen molar-refractivity contribution in [2.24, 2.45) is 0 Å². The Morgan fingerprint density at radius 1 is 1.10 bits per heavy atom. The fraction of sp³-hybridized carbons (Fsp3) is 0.455. The van der Waals surface area contributed by atoms with Crippen LogP contribution in [0.4, 0.5) is 15.8 Å². The predicted molar refractivity (Wildman–Crippen MR) is 117 cm³/mol. The van der Waals surface area contributed by atoms with E-state index in [0.29, 0.717) is 18.7 Å². The standard InChI is InChI=1S/C22H28FN3O3S/c1-16-13-18-14-17(3-8-21(18)26(16)30(2,28)29)22(27)15-24-9-11-25(12-10-24)20-6-4-19(23)5-7-20/h3-8,14,16,22,27H,9-13,15H2,1-2H3. The number of fused-ring (bicyclic) bond motifs is 1. The van der Waals surface area contributed by atoms with Gasteiger partial charge in [0, 0.05) is 44.5 Å². The van der Waals surface area contributed by atoms with Crippen molar-refractivity contribution in [1.82, 2.24) is 4.90 Å². The predicted octanol–water partition coefficient (Wildman–Crippen LogP) is 2.39. The number of benzene rings is 2. The first-order valence-electron chi connectivity index (χ1n) is 10.3. The summed E-state index contributed by atoms with van der Waals surface area (Å²) in [5, 5.41) is 10.8. The van der Waals surface area contributed by atoms with Gasteiger partial charge in [0.05, 0.1) is 18.0 Å². The van der Waals surface area contributed by atoms with Gasteiger partial charge in [0.2, 0.25) is 10.0 Å². The minimum absolute atomic E-state index is 0.109. The highest BCUT2D eigenvalue weighted by Gasteiger charge is 2.33. The molecule has 0 saturated carbocycles. The summed E-state index contributed by atoms with van der Waals surface area (Å²) in [5.41, 5.74) is 3.51. The summed E-state index contributed by atoms with van der Waals surface area (Å²) >= 11 is 0. The molecule has 0 aliphatic carbocycles. The number of piperazine rings is 1. The van der Waals surface area contributed by atoms with E-state index in [-0.39, 0.29) is 11.9 Å². The number of rotatable bonds is 5. The van der Waals surface area contributed by atoms with Crippen LogP contribution in [0.5, 0.6) is 0 Å². The summed E-state index contributed by atoms with van der Waals surface area (Å²) in [7, 11) is -3.31. The van der Waals surface area contributed by atoms with Crippen LogP contribution in [0.1, 0.15) is 24.2 Å². The van der Waals surface area contributed by atoms with Crippen LogP contribution in [0.2, 0.25) is 0 Å². The summed E-state index contributed by atoms with van der Waals surface area (Å²) < 4.78 is 38.7. The number of halogens is 1. The second kappa shape index (κ2) is 8.17. The first-order chi connectivity index (χ1) is 14.2. The molecule has 2 aliphatic heterocycles. The van der Waals surface area contributed by atoms with Gasteiger partial charge in [-0.15, -0.1) is 0 Å². The molecule has 162 valence electrons. The average molecular weight is 434 g/mol. The Morgan fingerprint density at radius 2 is 1.77 bits per heavy atom. The minimum Gasteiger partial charge on any atom is -0.387 e. The quantitative estimate of drug-likeness (QED) is 0.785. The molecule has 0 amide bonds. The Balaban J connectivity index is 1.38. The number of aliphatic hydroxyl groups excluding tert-OH is 1. The molecular formula is C22H28FN3O3S. The zero-order chi connectivity index (χ0) is 21.5. The van der Waals surface area contributed by atoms with E-state index in [0.717, 1.165) is 43.0 Å². The normalized spacial score (nSPS) is 21.0. The van der Waals surface area contributed by atoms with Crippen LogP contribution in [0, 0.1) is 5.82 Å². The fourth-order valence-corrected chi connectivity index (χ4v) is 5.79. The van der Waals surface area contributed by atoms with Crippen molar-refractivity contribution in [1.29, 1.82) is 0 Å². The highest BCUT2D eigenvalue weighted by Crippen LogP contribution is 2.36. The molecule has 1 N–H and O–H groups in total. The molecule has 2 aromatic rings. The van der Waals surface area contributed by atoms with Gasteiger partial charge in [-0.1, -0.05) is 12.1 Å². The van der Waals surface area contributed by atoms with Crippen molar-refractivity contribution in [3.05, 3.63) is 59.4 Å². The zero-order valence-electron chi connectivity index (χ0n) is 17.3. The lowest BCUT2D eigenvalue weighted by Gasteiger charge is -2.37. The van der Waals surface area contributed by atoms with E-state index < -0.39 is 16.1 Å². The Morgan fingerprint density at radius 3 is 2.40 bits per heavy atom. The molecule has 0 aromatic heterocycles. The van der Waals surface area contributed by atoms with Gasteiger partial charge in [-0.3, -0.25) is 9.21 Å². The van der Waals surface area contributed by atoms with E-state index in [1.807, 2.05) is 25.1 Å². The van der Waals surface area contributed by atoms with Crippen molar-refractivity contribution in [2.45, 2.75) is 25.5 Å². The van der Waals surface area contributed by atoms with Gasteiger partial charge in [-0.2, -0.15) is 0 Å². The molecule has 8 heteroatoms. The molecule has 2 aliphatic rings. The highest BCUT2D eigenvalue weighted by atomic mass is 32.2. The summed E-state index contributed by atoms with van der Waals surface area (Å²) in [6.07, 6.45) is 1.25. The number of nitrogens with zero attached hydrogens (tertiary/aromatic N) is 3. The van der Waals surface area contributed by atoms with E-state index in [1.54, 1.807) is 12.1 Å². The van der Waals surface area contributed by atoms with Crippen molar-refractivity contribution in [3.8, 4) is 0 Å². The van der Waals surface area contributed by atoms with Gasteiger partial charge in [-0.05, 0) is 54.8 Å². The van der Waals surface area contributed by atoms with E-state index in [1.165, 1.54) is 22.7 Å². The summed E-state index contributed by atoms with van der Waals surface area (Å²) in [6.45, 7) is 5.71. The van der Waals surface area contributed by atoms with Gasteiger partial charge >= 0.3 is 0 Å². The largest absolute Gasteiger partial charge is 0.387 e. The summed E-state index contributed by atoms with van der Waals surface area (Å²) in [4.78, 5) is 4.45. The van der Waals surface area contributed by atoms with E-state index >= 15 is 0 Å². The summed E-state index contributed by atoms with van der Waals surface area (Å²) in [6, 6.07) is 12.0. The summed E-state index contributed by atoms with van der Waals surface area (Å²) in [5.74, 6) is -0.232. The molecule has 2 atom stereocenters. The maximum absolute atomic E-state index is 13.1. The smallest absolute Gasteiger partial charge is 0.232 e. The highest BCUT2D eigenvalue weighted by molar-refractivity contribution is 7.92. The maximum Gasteiger partial charge on any atom is 0.232 e. The SMILES string of the molecule is CC1Cc2cc(C(O)CN3CCN(c4ccc(F)cc4)CC3)ccc2N1S(C)(=O)=O. The molecule has 2 unspecified atom stereocenters. The minimum atomic E-state index is -3.31. The van der Waals surface area contributed by atoms with Gasteiger partial charge in [0.25, 0.3) is 0 Å². The lowest BCUT2D eigenvalue weighted by atomic mass is 10.0. The molecule has 30 heavy (non-hydrogen) atoms. The molecule has 2 heterocycles. The van der Waals surface area contributed by atoms with Crippen LogP contribution in [0.15, 0.2) is 42.5 Å². The number of anilines is 2. The lowest BCUT2D eigenvalue weighted by Crippen LogP contribution is -2.47. The first-order valence-corrected chi connectivity index (χ1v) is 12.1. The lowest BCUT2D eigenvalue weighted by molar-refractivity contribution is 0.109. The van der Waals surface area contributed by atoms with Crippen LogP contribution in [-0.2, 0) is 16.4 Å². The van der Waals surface area contributed by atoms with E-state index in [2.05, 4.69) is 9.80 Å². The molecule has 1 saturated heterocycles. The number of β-amino-alcohol motifs (C(OH)–C–C–N with tert-alkyl or cyclic N) is 1. The average Bonchev–Trinajstić information content (AvgIpc) is 3.04. The zero-order valence-corrected chi connectivity index (χ0v) is 18.1. The molecule has 0 spiro atoms. The maximum atomic E-state index is 13.1. The van der Waals surface area contributed by atoms with Crippen molar-refractivity contribution >= 4 is 21.4 Å². The molecular weight excluding hydrogens is 405 g/mol. The number of hydrogen-bond acceptors (Lipinski definition) is 5. The third-order valence-electron chi connectivity index (χ3n) is 5.99. The fourth-order valence-electron chi connectivity index (χ4n) is 4.53. The molecule has 4 rings (SSSR count). The van der Waals surface area contributed by atoms with Gasteiger partial charge in [0.15, 0.2) is 0 Å². The third kappa shape index (κ3) is 4.31. The number of sulfonamides is 1. The van der Waals surface area contributed by atoms with Gasteiger partial charge < -0.3 is 10.0 Å². The Labute approximate surface area is 177 Å². The van der Waals surface area contributed by atoms with Crippen LogP contribution >= 0.6 is 0 Å². The van der Waals surface area contributed by atoms with Gasteiger partial charge in [-0.25, -0.2) is 12.8 Å². The van der Waals surface area contributed by atoms with Gasteiger partial charge in [0.1, 0.15) is 5.82 Å². The van der Waals surface area contributed by atoms with Crippen LogP contribution in [-0.4, -0.2) is 63.4 Å². The van der Waals surface area contributed by atoms with E-state index in [9.17, 15) is 17.9 Å². The van der Waals surface area contributed by atoms with E-state index in [4.69, 9.17) is 0 Å². The molecule has 0 radical (unpaired) electrons. The van der Waals surface area contributed by atoms with Crippen molar-refractivity contribution in [2.75, 3.05) is 48.2 Å². The Hall–Kier alpha value is -2.16. The molecule has 1 fully saturated rings. The van der Waals surface area contributed by atoms with Crippen LogP contribution in [0.3, 0.4) is 0 Å². The monoisotopic (exact) mass is 433 g/mol. The third-order valence-corrected chi connectivity index (χ3v) is 7.27. The topological polar surface area (TPSA) is 64.1 Å². The first kappa shape index (κ1) is 21.1. The van der Waals surface area contributed by atoms with Crippen LogP contribution in [0.25, 0.3) is 0 Å². The Bertz CT molecular complexity index is 1000. The number of hydrogen-bond donors (Lipinski definition) is 1. The second-order valence-corrected chi connectivity index (χ2v) is 10.1. The molecule has 6 nitrogen and oxygen atoms in total. The second-order valence-electron chi connectivity index (χ2n) is 8.28. The molecule has 0 bridgehead atoms. The molecule has 2 aromatic carbocycles.